The number of carbonyl (C=O) groups excluding carboxylic acids is 1. The van der Waals surface area contributed by atoms with Crippen LogP contribution in [0, 0.1) is 5.41 Å². The van der Waals surface area contributed by atoms with Gasteiger partial charge in [0, 0.05) is 25.4 Å². The van der Waals surface area contributed by atoms with Crippen molar-refractivity contribution < 1.29 is 13.2 Å². The van der Waals surface area contributed by atoms with Crippen LogP contribution in [0.15, 0.2) is 30.3 Å². The Hall–Kier alpha value is -1.40. The first-order valence-electron chi connectivity index (χ1n) is 7.87. The molecule has 0 heterocycles. The van der Waals surface area contributed by atoms with Crippen molar-refractivity contribution in [3.8, 4) is 0 Å². The fraction of sp³-hybridized carbons (Fsp3) is 0.588. The maximum Gasteiger partial charge on any atom is 0.222 e. The molecule has 2 N–H and O–H groups in total. The normalized spacial score (nSPS) is 22.6. The number of carbonyl (C=O) groups is 1. The first kappa shape index (κ1) is 17.9. The summed E-state index contributed by atoms with van der Waals surface area (Å²) in [5.41, 5.74) is 1.40. The summed E-state index contributed by atoms with van der Waals surface area (Å²) in [6.45, 7) is 5.09. The molecule has 1 saturated carbocycles. The van der Waals surface area contributed by atoms with Crippen molar-refractivity contribution in [2.45, 2.75) is 38.5 Å². The molecule has 1 amide bonds. The first-order valence-corrected chi connectivity index (χ1v) is 9.59. The molecule has 1 fully saturated rings. The molecule has 0 aliphatic heterocycles. The zero-order valence-corrected chi connectivity index (χ0v) is 14.9. The number of rotatable bonds is 7. The van der Waals surface area contributed by atoms with Gasteiger partial charge in [0.15, 0.2) is 0 Å². The smallest absolute Gasteiger partial charge is 0.222 e. The fourth-order valence-electron chi connectivity index (χ4n) is 3.43. The average molecular weight is 338 g/mol. The topological polar surface area (TPSA) is 80.5 Å². The monoisotopic (exact) mass is 338 g/mol. The summed E-state index contributed by atoms with van der Waals surface area (Å²) in [4.78, 5) is 14.0. The Morgan fingerprint density at radius 1 is 1.26 bits per heavy atom. The van der Waals surface area contributed by atoms with Gasteiger partial charge in [0.25, 0.3) is 0 Å². The highest BCUT2D eigenvalue weighted by Crippen LogP contribution is 2.64. The predicted molar refractivity (Wildman–Crippen MR) is 91.4 cm³/mol. The molecule has 0 bridgehead atoms. The van der Waals surface area contributed by atoms with E-state index in [-0.39, 0.29) is 35.3 Å². The van der Waals surface area contributed by atoms with Crippen molar-refractivity contribution in [2.75, 3.05) is 19.3 Å². The van der Waals surface area contributed by atoms with Crippen LogP contribution in [-0.4, -0.2) is 38.6 Å². The van der Waals surface area contributed by atoms with Gasteiger partial charge in [-0.2, -0.15) is 0 Å². The van der Waals surface area contributed by atoms with Gasteiger partial charge in [0.1, 0.15) is 0 Å². The summed E-state index contributed by atoms with van der Waals surface area (Å²) < 4.78 is 21.9. The van der Waals surface area contributed by atoms with E-state index in [0.29, 0.717) is 6.54 Å². The number of hydrogen-bond donors (Lipinski definition) is 1. The van der Waals surface area contributed by atoms with Crippen molar-refractivity contribution in [1.82, 2.24) is 4.90 Å². The number of sulfonamides is 1. The lowest BCUT2D eigenvalue weighted by Gasteiger charge is -2.28. The molecule has 2 rings (SSSR count). The van der Waals surface area contributed by atoms with Gasteiger partial charge in [0.05, 0.1) is 5.75 Å². The lowest BCUT2D eigenvalue weighted by Crippen LogP contribution is -2.36. The molecule has 6 heteroatoms. The van der Waals surface area contributed by atoms with E-state index in [1.807, 2.05) is 18.2 Å². The Kier molecular flexibility index (Phi) is 4.87. The number of hydrogen-bond acceptors (Lipinski definition) is 3. The first-order chi connectivity index (χ1) is 10.6. The van der Waals surface area contributed by atoms with E-state index in [1.165, 1.54) is 5.56 Å². The molecule has 1 aliphatic rings. The molecule has 0 aromatic heterocycles. The zero-order chi connectivity index (χ0) is 17.3. The molecule has 1 aromatic carbocycles. The number of nitrogens with zero attached hydrogens (tertiary/aromatic N) is 1. The second kappa shape index (κ2) is 6.24. The molecule has 1 aromatic rings. The second-order valence-electron chi connectivity index (χ2n) is 7.23. The SMILES string of the molecule is CN(CC1(c2ccccc2)CC1(C)C)C(=O)CCCS(N)(=O)=O. The summed E-state index contributed by atoms with van der Waals surface area (Å²) >= 11 is 0. The number of primary sulfonamides is 1. The minimum atomic E-state index is -3.50. The maximum absolute atomic E-state index is 12.3. The van der Waals surface area contributed by atoms with Gasteiger partial charge in [0.2, 0.25) is 15.9 Å². The van der Waals surface area contributed by atoms with Crippen molar-refractivity contribution in [3.63, 3.8) is 0 Å². The van der Waals surface area contributed by atoms with Crippen LogP contribution in [0.4, 0.5) is 0 Å². The maximum atomic E-state index is 12.3. The largest absolute Gasteiger partial charge is 0.345 e. The molecule has 0 saturated heterocycles. The van der Waals surface area contributed by atoms with Crippen molar-refractivity contribution >= 4 is 15.9 Å². The van der Waals surface area contributed by atoms with Crippen molar-refractivity contribution in [2.24, 2.45) is 10.6 Å². The van der Waals surface area contributed by atoms with Gasteiger partial charge in [-0.05, 0) is 23.8 Å². The van der Waals surface area contributed by atoms with Crippen molar-refractivity contribution in [1.29, 1.82) is 0 Å². The van der Waals surface area contributed by atoms with E-state index in [9.17, 15) is 13.2 Å². The van der Waals surface area contributed by atoms with Gasteiger partial charge in [-0.15, -0.1) is 0 Å². The van der Waals surface area contributed by atoms with Crippen LogP contribution in [0.3, 0.4) is 0 Å². The van der Waals surface area contributed by atoms with Gasteiger partial charge in [-0.1, -0.05) is 44.2 Å². The number of likely N-dealkylation sites (N-methyl/N-ethyl adjacent to an activating group) is 1. The Balaban J connectivity index is 2.00. The van der Waals surface area contributed by atoms with Crippen LogP contribution in [0.2, 0.25) is 0 Å². The molecule has 1 atom stereocenters. The highest BCUT2D eigenvalue weighted by molar-refractivity contribution is 7.89. The van der Waals surface area contributed by atoms with E-state index < -0.39 is 10.0 Å². The quantitative estimate of drug-likeness (QED) is 0.824. The Morgan fingerprint density at radius 3 is 2.30 bits per heavy atom. The van der Waals surface area contributed by atoms with Gasteiger partial charge in [-0.25, -0.2) is 13.6 Å². The minimum absolute atomic E-state index is 0.0153. The Morgan fingerprint density at radius 2 is 1.83 bits per heavy atom. The summed E-state index contributed by atoms with van der Waals surface area (Å²) in [5, 5.41) is 4.97. The van der Waals surface area contributed by atoms with E-state index >= 15 is 0 Å². The molecule has 1 unspecified atom stereocenters. The van der Waals surface area contributed by atoms with Crippen LogP contribution in [0.25, 0.3) is 0 Å². The minimum Gasteiger partial charge on any atom is -0.345 e. The molecule has 23 heavy (non-hydrogen) atoms. The molecule has 0 spiro atoms. The molecule has 1 aliphatic carbocycles. The molecular formula is C17H26N2O3S. The Labute approximate surface area is 138 Å². The number of nitrogens with two attached hydrogens (primary N) is 1. The molecule has 128 valence electrons. The lowest BCUT2D eigenvalue weighted by atomic mass is 9.87. The van der Waals surface area contributed by atoms with Gasteiger partial charge in [-0.3, -0.25) is 4.79 Å². The summed E-state index contributed by atoms with van der Waals surface area (Å²) in [6.07, 6.45) is 1.51. The standard InChI is InChI=1S/C17H26N2O3S/c1-16(2)12-17(16,14-8-5-4-6-9-14)13-19(3)15(20)10-7-11-23(18,21)22/h4-6,8-9H,7,10-13H2,1-3H3,(H2,18,21,22). The Bertz CT molecular complexity index is 670. The fourth-order valence-corrected chi connectivity index (χ4v) is 3.98. The van der Waals surface area contributed by atoms with Crippen LogP contribution in [-0.2, 0) is 20.2 Å². The van der Waals surface area contributed by atoms with Crippen LogP contribution in [0.1, 0.15) is 38.7 Å². The second-order valence-corrected chi connectivity index (χ2v) is 8.96. The van der Waals surface area contributed by atoms with Crippen molar-refractivity contribution in [3.05, 3.63) is 35.9 Å². The third-order valence-electron chi connectivity index (χ3n) is 4.99. The predicted octanol–water partition coefficient (Wildman–Crippen LogP) is 1.88. The van der Waals surface area contributed by atoms with E-state index in [0.717, 1.165) is 6.42 Å². The van der Waals surface area contributed by atoms with Gasteiger partial charge >= 0.3 is 0 Å². The summed E-state index contributed by atoms with van der Waals surface area (Å²) in [5.74, 6) is -0.186. The summed E-state index contributed by atoms with van der Waals surface area (Å²) in [6, 6.07) is 10.3. The van der Waals surface area contributed by atoms with Crippen LogP contribution >= 0.6 is 0 Å². The number of benzene rings is 1. The number of amides is 1. The molecule has 5 nitrogen and oxygen atoms in total. The zero-order valence-electron chi connectivity index (χ0n) is 14.1. The molecule has 0 radical (unpaired) electrons. The highest BCUT2D eigenvalue weighted by Gasteiger charge is 2.62. The van der Waals surface area contributed by atoms with Crippen LogP contribution < -0.4 is 5.14 Å². The summed E-state index contributed by atoms with van der Waals surface area (Å²) in [7, 11) is -1.71. The third-order valence-corrected chi connectivity index (χ3v) is 5.85. The van der Waals surface area contributed by atoms with Crippen LogP contribution in [0.5, 0.6) is 0 Å². The lowest BCUT2D eigenvalue weighted by molar-refractivity contribution is -0.130. The average Bonchev–Trinajstić information content (AvgIpc) is 3.00. The van der Waals surface area contributed by atoms with E-state index in [4.69, 9.17) is 5.14 Å². The van der Waals surface area contributed by atoms with E-state index in [2.05, 4.69) is 26.0 Å². The third kappa shape index (κ3) is 4.12. The highest BCUT2D eigenvalue weighted by atomic mass is 32.2. The van der Waals surface area contributed by atoms with E-state index in [1.54, 1.807) is 11.9 Å². The molecular weight excluding hydrogens is 312 g/mol. The van der Waals surface area contributed by atoms with Gasteiger partial charge < -0.3 is 4.90 Å².